The van der Waals surface area contributed by atoms with Gasteiger partial charge >= 0.3 is 6.09 Å². The van der Waals surface area contributed by atoms with E-state index in [4.69, 9.17) is 5.53 Å². The summed E-state index contributed by atoms with van der Waals surface area (Å²) in [7, 11) is 1.34. The Balaban J connectivity index is 2.07. The van der Waals surface area contributed by atoms with E-state index in [0.29, 0.717) is 12.2 Å². The van der Waals surface area contributed by atoms with E-state index in [9.17, 15) is 4.79 Å². The van der Waals surface area contributed by atoms with Crippen molar-refractivity contribution >= 4 is 17.4 Å². The normalized spacial score (nSPS) is 12.2. The number of methoxy groups -OCH3 is 1. The monoisotopic (exact) mass is 258 g/mol. The molecule has 1 N–H and O–H groups in total. The lowest BCUT2D eigenvalue weighted by Gasteiger charge is -2.08. The third-order valence-corrected chi connectivity index (χ3v) is 3.05. The number of carbonyl (C=O) groups excluding carboxylic acids is 1. The van der Waals surface area contributed by atoms with Gasteiger partial charge in [0.25, 0.3) is 0 Å². The smallest absolute Gasteiger partial charge is 0.406 e. The largest absolute Gasteiger partial charge is 0.453 e. The highest BCUT2D eigenvalue weighted by Crippen LogP contribution is 2.35. The fraction of sp³-hybridized carbons (Fsp3) is 0.308. The van der Waals surface area contributed by atoms with Gasteiger partial charge in [-0.1, -0.05) is 29.4 Å². The van der Waals surface area contributed by atoms with Gasteiger partial charge < -0.3 is 10.1 Å². The van der Waals surface area contributed by atoms with Crippen molar-refractivity contribution in [3.63, 3.8) is 0 Å². The molecule has 0 bridgehead atoms. The lowest BCUT2D eigenvalue weighted by atomic mass is 10.0. The molecule has 0 unspecified atom stereocenters. The Hall–Kier alpha value is -2.46. The number of fused-ring (bicyclic) bond motifs is 1. The maximum atomic E-state index is 11.0. The van der Waals surface area contributed by atoms with E-state index >= 15 is 0 Å². The third-order valence-electron chi connectivity index (χ3n) is 3.05. The Labute approximate surface area is 110 Å². The zero-order valence-corrected chi connectivity index (χ0v) is 10.6. The highest BCUT2D eigenvalue weighted by Gasteiger charge is 2.16. The molecule has 6 heteroatoms. The summed E-state index contributed by atoms with van der Waals surface area (Å²) in [6.45, 7) is 0.518. The van der Waals surface area contributed by atoms with Crippen LogP contribution in [0.15, 0.2) is 29.4 Å². The van der Waals surface area contributed by atoms with Gasteiger partial charge in [0, 0.05) is 17.1 Å². The summed E-state index contributed by atoms with van der Waals surface area (Å²) in [4.78, 5) is 13.8. The van der Waals surface area contributed by atoms with Crippen molar-refractivity contribution in [1.29, 1.82) is 0 Å². The number of hydrogen-bond acceptors (Lipinski definition) is 3. The molecule has 0 spiro atoms. The van der Waals surface area contributed by atoms with Crippen LogP contribution in [0, 0.1) is 0 Å². The zero-order valence-electron chi connectivity index (χ0n) is 10.6. The molecule has 0 atom stereocenters. The standard InChI is InChI=1S/C13H14N4O2/c1-19-13(18)15-8-7-9-5-6-11-10(9)3-2-4-12(11)16-17-14/h2-5H,6-8H2,1H3,(H,15,18). The molecule has 1 aliphatic carbocycles. The molecule has 0 fully saturated rings. The minimum atomic E-state index is -0.429. The van der Waals surface area contributed by atoms with Crippen LogP contribution in [0.5, 0.6) is 0 Å². The number of ether oxygens (including phenoxy) is 1. The molecule has 19 heavy (non-hydrogen) atoms. The first-order valence-corrected chi connectivity index (χ1v) is 5.94. The molecule has 1 aliphatic rings. The molecule has 0 saturated heterocycles. The summed E-state index contributed by atoms with van der Waals surface area (Å²) < 4.78 is 4.51. The van der Waals surface area contributed by atoms with E-state index in [-0.39, 0.29) is 0 Å². The molecule has 1 aromatic carbocycles. The number of azide groups is 1. The van der Waals surface area contributed by atoms with E-state index in [2.05, 4.69) is 26.2 Å². The second-order valence-corrected chi connectivity index (χ2v) is 4.09. The van der Waals surface area contributed by atoms with Crippen LogP contribution < -0.4 is 5.32 Å². The van der Waals surface area contributed by atoms with E-state index in [0.717, 1.165) is 29.5 Å². The van der Waals surface area contributed by atoms with Gasteiger partial charge in [-0.3, -0.25) is 0 Å². The van der Waals surface area contributed by atoms with Crippen LogP contribution in [0.1, 0.15) is 17.5 Å². The van der Waals surface area contributed by atoms with Gasteiger partial charge in [-0.15, -0.1) is 0 Å². The highest BCUT2D eigenvalue weighted by atomic mass is 16.5. The van der Waals surface area contributed by atoms with Crippen molar-refractivity contribution in [1.82, 2.24) is 5.32 Å². The molecular formula is C13H14N4O2. The molecule has 1 aromatic rings. The summed E-state index contributed by atoms with van der Waals surface area (Å²) in [6.07, 6.45) is 3.15. The lowest BCUT2D eigenvalue weighted by molar-refractivity contribution is 0.171. The zero-order chi connectivity index (χ0) is 13.7. The molecule has 6 nitrogen and oxygen atoms in total. The Morgan fingerprint density at radius 1 is 1.58 bits per heavy atom. The van der Waals surface area contributed by atoms with Crippen LogP contribution in [0.3, 0.4) is 0 Å². The number of amides is 1. The van der Waals surface area contributed by atoms with Crippen LogP contribution >= 0.6 is 0 Å². The second kappa shape index (κ2) is 5.93. The number of nitrogens with one attached hydrogen (secondary N) is 1. The summed E-state index contributed by atoms with van der Waals surface area (Å²) in [5, 5.41) is 6.34. The molecule has 0 aliphatic heterocycles. The first kappa shape index (κ1) is 13.0. The number of nitrogens with zero attached hydrogens (tertiary/aromatic N) is 3. The van der Waals surface area contributed by atoms with E-state index in [1.54, 1.807) is 0 Å². The number of alkyl carbamates (subject to hydrolysis) is 1. The lowest BCUT2D eigenvalue weighted by Crippen LogP contribution is -2.24. The van der Waals surface area contributed by atoms with Crippen molar-refractivity contribution in [2.75, 3.05) is 13.7 Å². The number of carbonyl (C=O) groups is 1. The molecule has 2 rings (SSSR count). The van der Waals surface area contributed by atoms with E-state index < -0.39 is 6.09 Å². The predicted molar refractivity (Wildman–Crippen MR) is 72.0 cm³/mol. The number of rotatable bonds is 4. The predicted octanol–water partition coefficient (Wildman–Crippen LogP) is 3.31. The number of allylic oxidation sites excluding steroid dienone is 1. The van der Waals surface area contributed by atoms with Gasteiger partial charge in [0.1, 0.15) is 0 Å². The quantitative estimate of drug-likeness (QED) is 0.510. The molecule has 98 valence electrons. The summed E-state index contributed by atoms with van der Waals surface area (Å²) in [5.74, 6) is 0. The SMILES string of the molecule is COC(=O)NCCC1=CCc2c(N=[N+]=[N-])cccc21. The molecular weight excluding hydrogens is 244 g/mol. The Morgan fingerprint density at radius 2 is 2.42 bits per heavy atom. The molecule has 0 radical (unpaired) electrons. The summed E-state index contributed by atoms with van der Waals surface area (Å²) in [5.41, 5.74) is 12.5. The first-order chi connectivity index (χ1) is 9.26. The minimum Gasteiger partial charge on any atom is -0.453 e. The minimum absolute atomic E-state index is 0.429. The molecule has 0 heterocycles. The van der Waals surface area contributed by atoms with Crippen molar-refractivity contribution in [3.05, 3.63) is 45.8 Å². The van der Waals surface area contributed by atoms with E-state index in [1.165, 1.54) is 7.11 Å². The van der Waals surface area contributed by atoms with Crippen LogP contribution in [0.25, 0.3) is 16.0 Å². The second-order valence-electron chi connectivity index (χ2n) is 4.09. The van der Waals surface area contributed by atoms with Crippen molar-refractivity contribution in [3.8, 4) is 0 Å². The fourth-order valence-electron chi connectivity index (χ4n) is 2.18. The third kappa shape index (κ3) is 2.86. The topological polar surface area (TPSA) is 87.1 Å². The Kier molecular flexibility index (Phi) is 4.05. The maximum Gasteiger partial charge on any atom is 0.406 e. The first-order valence-electron chi connectivity index (χ1n) is 5.94. The van der Waals surface area contributed by atoms with Crippen molar-refractivity contribution < 1.29 is 9.53 Å². The van der Waals surface area contributed by atoms with Crippen LogP contribution in [-0.4, -0.2) is 19.7 Å². The van der Waals surface area contributed by atoms with Crippen LogP contribution in [0.2, 0.25) is 0 Å². The van der Waals surface area contributed by atoms with Gasteiger partial charge in [-0.2, -0.15) is 0 Å². The maximum absolute atomic E-state index is 11.0. The van der Waals surface area contributed by atoms with Gasteiger partial charge in [0.05, 0.1) is 7.11 Å². The summed E-state index contributed by atoms with van der Waals surface area (Å²) >= 11 is 0. The van der Waals surface area contributed by atoms with Gasteiger partial charge in [-0.25, -0.2) is 4.79 Å². The average Bonchev–Trinajstić information content (AvgIpc) is 2.83. The Morgan fingerprint density at radius 3 is 3.16 bits per heavy atom. The van der Waals surface area contributed by atoms with Crippen molar-refractivity contribution in [2.45, 2.75) is 12.8 Å². The molecule has 0 aromatic heterocycles. The Bertz CT molecular complexity index is 574. The van der Waals surface area contributed by atoms with Gasteiger partial charge in [-0.05, 0) is 35.1 Å². The fourth-order valence-corrected chi connectivity index (χ4v) is 2.18. The number of hydrogen-bond donors (Lipinski definition) is 1. The van der Waals surface area contributed by atoms with Gasteiger partial charge in [0.15, 0.2) is 0 Å². The highest BCUT2D eigenvalue weighted by molar-refractivity contribution is 5.77. The van der Waals surface area contributed by atoms with E-state index in [1.807, 2.05) is 18.2 Å². The van der Waals surface area contributed by atoms with Crippen molar-refractivity contribution in [2.24, 2.45) is 5.11 Å². The van der Waals surface area contributed by atoms with Crippen LogP contribution in [0.4, 0.5) is 10.5 Å². The van der Waals surface area contributed by atoms with Gasteiger partial charge in [0.2, 0.25) is 0 Å². The molecule has 1 amide bonds. The number of benzene rings is 1. The average molecular weight is 258 g/mol. The summed E-state index contributed by atoms with van der Waals surface area (Å²) in [6, 6.07) is 5.68. The van der Waals surface area contributed by atoms with Crippen LogP contribution in [-0.2, 0) is 11.2 Å². The molecule has 0 saturated carbocycles.